The molecule has 7 nitrogen and oxygen atoms in total. The van der Waals surface area contributed by atoms with Crippen molar-refractivity contribution < 1.29 is 14.4 Å². The Hall–Kier alpha value is -3.87. The van der Waals surface area contributed by atoms with E-state index in [0.29, 0.717) is 6.54 Å². The second kappa shape index (κ2) is 7.63. The normalized spacial score (nSPS) is 15.2. The molecule has 0 radical (unpaired) electrons. The smallest absolute Gasteiger partial charge is 0.328 e. The number of imide groups is 1. The molecule has 7 heteroatoms. The zero-order chi connectivity index (χ0) is 20.4. The number of aromatic nitrogens is 1. The maximum Gasteiger partial charge on any atom is 0.328 e. The minimum atomic E-state index is -0.422. The molecule has 0 spiro atoms. The molecular weight excluding hydrogens is 368 g/mol. The molecule has 29 heavy (non-hydrogen) atoms. The zero-order valence-electron chi connectivity index (χ0n) is 15.9. The van der Waals surface area contributed by atoms with Crippen LogP contribution in [0.1, 0.15) is 12.5 Å². The SMILES string of the molecule is CCN1C(=O)N/C(=C/c2cn(CC(=O)Nc3ccccc3)c3ccccc23)C1=O. The Morgan fingerprint density at radius 2 is 1.79 bits per heavy atom. The summed E-state index contributed by atoms with van der Waals surface area (Å²) in [6.45, 7) is 2.18. The van der Waals surface area contributed by atoms with E-state index in [-0.39, 0.29) is 24.1 Å². The molecule has 1 aromatic heterocycles. The van der Waals surface area contributed by atoms with Gasteiger partial charge in [-0.05, 0) is 31.2 Å². The van der Waals surface area contributed by atoms with E-state index in [1.807, 2.05) is 65.4 Å². The number of nitrogens with one attached hydrogen (secondary N) is 2. The minimum Gasteiger partial charge on any atom is -0.337 e. The first kappa shape index (κ1) is 18.5. The van der Waals surface area contributed by atoms with E-state index in [1.54, 1.807) is 13.0 Å². The lowest BCUT2D eigenvalue weighted by atomic mass is 10.1. The fraction of sp³-hybridized carbons (Fsp3) is 0.136. The van der Waals surface area contributed by atoms with Crippen LogP contribution in [0, 0.1) is 0 Å². The Labute approximate surface area is 167 Å². The fourth-order valence-electron chi connectivity index (χ4n) is 3.41. The average Bonchev–Trinajstić information content (AvgIpc) is 3.19. The number of hydrogen-bond acceptors (Lipinski definition) is 3. The largest absolute Gasteiger partial charge is 0.337 e. The quantitative estimate of drug-likeness (QED) is 0.520. The first-order valence-corrected chi connectivity index (χ1v) is 9.34. The Kier molecular flexibility index (Phi) is 4.87. The van der Waals surface area contributed by atoms with Crippen LogP contribution >= 0.6 is 0 Å². The van der Waals surface area contributed by atoms with E-state index in [2.05, 4.69) is 10.6 Å². The van der Waals surface area contributed by atoms with Gasteiger partial charge in [0.2, 0.25) is 5.91 Å². The molecule has 1 aliphatic heterocycles. The third kappa shape index (κ3) is 3.62. The van der Waals surface area contributed by atoms with Gasteiger partial charge in [0.05, 0.1) is 0 Å². The number of fused-ring (bicyclic) bond motifs is 1. The van der Waals surface area contributed by atoms with Gasteiger partial charge < -0.3 is 15.2 Å². The van der Waals surface area contributed by atoms with Crippen LogP contribution in [0.15, 0.2) is 66.5 Å². The molecule has 2 N–H and O–H groups in total. The topological polar surface area (TPSA) is 83.4 Å². The van der Waals surface area contributed by atoms with Crippen molar-refractivity contribution >= 4 is 40.5 Å². The number of urea groups is 1. The molecule has 1 aliphatic rings. The first-order valence-electron chi connectivity index (χ1n) is 9.34. The summed E-state index contributed by atoms with van der Waals surface area (Å²) in [4.78, 5) is 37.9. The number of para-hydroxylation sites is 2. The second-order valence-corrected chi connectivity index (χ2v) is 6.68. The summed E-state index contributed by atoms with van der Waals surface area (Å²) in [5.74, 6) is -0.505. The molecule has 0 bridgehead atoms. The van der Waals surface area contributed by atoms with Crippen LogP contribution in [-0.2, 0) is 16.1 Å². The van der Waals surface area contributed by atoms with Crippen LogP contribution in [0.5, 0.6) is 0 Å². The predicted molar refractivity (Wildman–Crippen MR) is 111 cm³/mol. The summed E-state index contributed by atoms with van der Waals surface area (Å²) in [6, 6.07) is 16.5. The number of benzene rings is 2. The van der Waals surface area contributed by atoms with Crippen molar-refractivity contribution in [3.05, 3.63) is 72.1 Å². The highest BCUT2D eigenvalue weighted by Gasteiger charge is 2.32. The van der Waals surface area contributed by atoms with Crippen molar-refractivity contribution in [2.45, 2.75) is 13.5 Å². The van der Waals surface area contributed by atoms with Crippen LogP contribution in [0.3, 0.4) is 0 Å². The lowest BCUT2D eigenvalue weighted by molar-refractivity contribution is -0.122. The summed E-state index contributed by atoms with van der Waals surface area (Å²) in [6.07, 6.45) is 3.47. The summed E-state index contributed by atoms with van der Waals surface area (Å²) in [7, 11) is 0. The number of anilines is 1. The number of nitrogens with zero attached hydrogens (tertiary/aromatic N) is 2. The Morgan fingerprint density at radius 3 is 2.52 bits per heavy atom. The molecule has 2 heterocycles. The highest BCUT2D eigenvalue weighted by molar-refractivity contribution is 6.14. The summed E-state index contributed by atoms with van der Waals surface area (Å²) >= 11 is 0. The van der Waals surface area contributed by atoms with Crippen LogP contribution in [0.4, 0.5) is 10.5 Å². The van der Waals surface area contributed by atoms with Crippen molar-refractivity contribution in [1.82, 2.24) is 14.8 Å². The van der Waals surface area contributed by atoms with Gasteiger partial charge in [0.1, 0.15) is 12.2 Å². The van der Waals surface area contributed by atoms with Gasteiger partial charge in [-0.15, -0.1) is 0 Å². The van der Waals surface area contributed by atoms with Gasteiger partial charge in [0.25, 0.3) is 5.91 Å². The van der Waals surface area contributed by atoms with Crippen LogP contribution in [0.25, 0.3) is 17.0 Å². The van der Waals surface area contributed by atoms with Crippen molar-refractivity contribution in [3.8, 4) is 0 Å². The number of hydrogen-bond donors (Lipinski definition) is 2. The average molecular weight is 388 g/mol. The second-order valence-electron chi connectivity index (χ2n) is 6.68. The van der Waals surface area contributed by atoms with E-state index in [1.165, 1.54) is 0 Å². The van der Waals surface area contributed by atoms with Gasteiger partial charge >= 0.3 is 6.03 Å². The van der Waals surface area contributed by atoms with Crippen LogP contribution < -0.4 is 10.6 Å². The summed E-state index contributed by atoms with van der Waals surface area (Å²) in [5.41, 5.74) is 2.59. The minimum absolute atomic E-state index is 0.125. The molecule has 146 valence electrons. The predicted octanol–water partition coefficient (Wildman–Crippen LogP) is 3.19. The van der Waals surface area contributed by atoms with Crippen molar-refractivity contribution in [2.24, 2.45) is 0 Å². The highest BCUT2D eigenvalue weighted by atomic mass is 16.2. The number of rotatable bonds is 5. The van der Waals surface area contributed by atoms with E-state index < -0.39 is 6.03 Å². The van der Waals surface area contributed by atoms with Gasteiger partial charge in [-0.2, -0.15) is 0 Å². The summed E-state index contributed by atoms with van der Waals surface area (Å²) in [5, 5.41) is 6.37. The lowest BCUT2D eigenvalue weighted by Gasteiger charge is -2.07. The number of amides is 4. The van der Waals surface area contributed by atoms with E-state index in [4.69, 9.17) is 0 Å². The van der Waals surface area contributed by atoms with E-state index in [0.717, 1.165) is 27.1 Å². The molecular formula is C22H20N4O3. The number of likely N-dealkylation sites (N-methyl/N-ethyl adjacent to an activating group) is 1. The number of carbonyl (C=O) groups is 3. The molecule has 1 saturated heterocycles. The van der Waals surface area contributed by atoms with Crippen molar-refractivity contribution in [2.75, 3.05) is 11.9 Å². The molecule has 0 saturated carbocycles. The number of carbonyl (C=O) groups excluding carboxylic acids is 3. The third-order valence-electron chi connectivity index (χ3n) is 4.77. The standard InChI is InChI=1S/C22H20N4O3/c1-2-26-21(28)18(24-22(26)29)12-15-13-25(19-11-7-6-10-17(15)19)14-20(27)23-16-8-4-3-5-9-16/h3-13H,2,14H2,1H3,(H,23,27)(H,24,29)/b18-12+. The molecule has 0 atom stereocenters. The summed E-state index contributed by atoms with van der Waals surface area (Å²) < 4.78 is 1.83. The molecule has 3 aromatic rings. The van der Waals surface area contributed by atoms with Gasteiger partial charge in [0.15, 0.2) is 0 Å². The highest BCUT2D eigenvalue weighted by Crippen LogP contribution is 2.25. The molecule has 4 amide bonds. The fourth-order valence-corrected chi connectivity index (χ4v) is 3.41. The Balaban J connectivity index is 1.64. The van der Waals surface area contributed by atoms with Gasteiger partial charge in [0, 0.05) is 34.9 Å². The maximum atomic E-state index is 12.5. The van der Waals surface area contributed by atoms with Gasteiger partial charge in [-0.3, -0.25) is 14.5 Å². The van der Waals surface area contributed by atoms with Gasteiger partial charge in [-0.1, -0.05) is 36.4 Å². The Morgan fingerprint density at radius 1 is 1.07 bits per heavy atom. The lowest BCUT2D eigenvalue weighted by Crippen LogP contribution is -2.30. The van der Waals surface area contributed by atoms with E-state index in [9.17, 15) is 14.4 Å². The third-order valence-corrected chi connectivity index (χ3v) is 4.77. The zero-order valence-corrected chi connectivity index (χ0v) is 15.9. The van der Waals surface area contributed by atoms with Gasteiger partial charge in [-0.25, -0.2) is 4.79 Å². The molecule has 1 fully saturated rings. The Bertz CT molecular complexity index is 1130. The maximum absolute atomic E-state index is 12.5. The molecule has 0 aliphatic carbocycles. The molecule has 4 rings (SSSR count). The van der Waals surface area contributed by atoms with E-state index >= 15 is 0 Å². The van der Waals surface area contributed by atoms with Crippen LogP contribution in [-0.4, -0.2) is 33.9 Å². The first-order chi connectivity index (χ1) is 14.1. The molecule has 2 aromatic carbocycles. The molecule has 0 unspecified atom stereocenters. The van der Waals surface area contributed by atoms with Crippen molar-refractivity contribution in [3.63, 3.8) is 0 Å². The van der Waals surface area contributed by atoms with Crippen molar-refractivity contribution in [1.29, 1.82) is 0 Å². The monoisotopic (exact) mass is 388 g/mol. The van der Waals surface area contributed by atoms with Crippen LogP contribution in [0.2, 0.25) is 0 Å².